The molecule has 18 heavy (non-hydrogen) atoms. The number of rotatable bonds is 4. The van der Waals surface area contributed by atoms with Crippen LogP contribution in [0.4, 0.5) is 0 Å². The number of thioether (sulfide) groups is 2. The molecule has 0 saturated carbocycles. The lowest BCUT2D eigenvalue weighted by molar-refractivity contribution is 0.0543. The van der Waals surface area contributed by atoms with Crippen LogP contribution in [0.3, 0.4) is 0 Å². The Balaban J connectivity index is 1.95. The molecular weight excluding hydrogens is 262 g/mol. The molecule has 0 aromatic heterocycles. The average Bonchev–Trinajstić information content (AvgIpc) is 2.40. The summed E-state index contributed by atoms with van der Waals surface area (Å²) in [6, 6.07) is 0.686. The summed E-state index contributed by atoms with van der Waals surface area (Å²) in [6.07, 6.45) is 2.48. The molecule has 2 heterocycles. The summed E-state index contributed by atoms with van der Waals surface area (Å²) >= 11 is 4.37. The molecule has 0 bridgehead atoms. The second-order valence-corrected chi connectivity index (χ2v) is 8.48. The Labute approximate surface area is 120 Å². The lowest BCUT2D eigenvalue weighted by Crippen LogP contribution is -2.49. The van der Waals surface area contributed by atoms with Crippen molar-refractivity contribution in [3.8, 4) is 0 Å². The molecule has 2 aliphatic rings. The van der Waals surface area contributed by atoms with Crippen LogP contribution < -0.4 is 5.32 Å². The molecular formula is C14H27NOS2. The largest absolute Gasteiger partial charge is 0.381 e. The van der Waals surface area contributed by atoms with Gasteiger partial charge < -0.3 is 10.1 Å². The summed E-state index contributed by atoms with van der Waals surface area (Å²) in [5, 5.41) is 6.14. The van der Waals surface area contributed by atoms with Crippen LogP contribution in [0, 0.1) is 5.92 Å². The molecule has 2 saturated heterocycles. The van der Waals surface area contributed by atoms with E-state index >= 15 is 0 Å². The Bertz CT molecular complexity index is 246. The van der Waals surface area contributed by atoms with Crippen molar-refractivity contribution in [1.29, 1.82) is 0 Å². The van der Waals surface area contributed by atoms with E-state index in [9.17, 15) is 0 Å². The fraction of sp³-hybridized carbons (Fsp3) is 1.00. The fourth-order valence-corrected chi connectivity index (χ4v) is 6.12. The van der Waals surface area contributed by atoms with Gasteiger partial charge in [-0.25, -0.2) is 0 Å². The van der Waals surface area contributed by atoms with Crippen molar-refractivity contribution in [3.05, 3.63) is 0 Å². The first-order valence-corrected chi connectivity index (χ1v) is 9.29. The van der Waals surface area contributed by atoms with Gasteiger partial charge in [0.25, 0.3) is 0 Å². The normalized spacial score (nSPS) is 36.5. The summed E-state index contributed by atoms with van der Waals surface area (Å²) in [4.78, 5) is 0. The lowest BCUT2D eigenvalue weighted by Gasteiger charge is -2.40. The first kappa shape index (κ1) is 15.0. The maximum absolute atomic E-state index is 5.51. The minimum atomic E-state index is 0.686. The highest BCUT2D eigenvalue weighted by atomic mass is 32.2. The third kappa shape index (κ3) is 3.81. The zero-order valence-corrected chi connectivity index (χ0v) is 13.5. The molecule has 0 aromatic carbocycles. The fourth-order valence-electron chi connectivity index (χ4n) is 2.91. The second kappa shape index (κ2) is 7.41. The van der Waals surface area contributed by atoms with Crippen LogP contribution in [-0.4, -0.2) is 47.3 Å². The van der Waals surface area contributed by atoms with E-state index in [1.165, 1.54) is 18.6 Å². The van der Waals surface area contributed by atoms with Crippen molar-refractivity contribution >= 4 is 23.5 Å². The molecule has 0 aliphatic carbocycles. The van der Waals surface area contributed by atoms with Gasteiger partial charge >= 0.3 is 0 Å². The minimum absolute atomic E-state index is 0.686. The third-order valence-corrected chi connectivity index (χ3v) is 7.70. The highest BCUT2D eigenvalue weighted by Crippen LogP contribution is 2.39. The van der Waals surface area contributed by atoms with Gasteiger partial charge in [0.2, 0.25) is 0 Å². The van der Waals surface area contributed by atoms with E-state index in [0.717, 1.165) is 41.4 Å². The van der Waals surface area contributed by atoms with E-state index < -0.39 is 0 Å². The molecule has 0 radical (unpaired) electrons. The molecule has 2 nitrogen and oxygen atoms in total. The first-order valence-electron chi connectivity index (χ1n) is 7.30. The van der Waals surface area contributed by atoms with E-state index in [2.05, 4.69) is 49.6 Å². The van der Waals surface area contributed by atoms with Crippen molar-refractivity contribution in [2.75, 3.05) is 25.5 Å². The van der Waals surface area contributed by atoms with Gasteiger partial charge in [0.15, 0.2) is 0 Å². The lowest BCUT2D eigenvalue weighted by atomic mass is 9.90. The topological polar surface area (TPSA) is 21.3 Å². The number of ether oxygens (including phenoxy) is 1. The summed E-state index contributed by atoms with van der Waals surface area (Å²) in [5.41, 5.74) is 0. The number of hydrogen-bond donors (Lipinski definition) is 1. The highest BCUT2D eigenvalue weighted by Gasteiger charge is 2.35. The molecule has 0 spiro atoms. The third-order valence-electron chi connectivity index (χ3n) is 4.19. The van der Waals surface area contributed by atoms with Gasteiger partial charge in [-0.05, 0) is 25.3 Å². The van der Waals surface area contributed by atoms with Crippen molar-refractivity contribution in [2.24, 2.45) is 5.92 Å². The molecule has 0 aromatic rings. The van der Waals surface area contributed by atoms with Crippen molar-refractivity contribution < 1.29 is 4.74 Å². The monoisotopic (exact) mass is 289 g/mol. The van der Waals surface area contributed by atoms with Crippen molar-refractivity contribution in [2.45, 2.75) is 55.4 Å². The molecule has 2 fully saturated rings. The second-order valence-electron chi connectivity index (χ2n) is 5.45. The van der Waals surface area contributed by atoms with E-state index in [1.807, 2.05) is 0 Å². The number of hydrogen-bond acceptors (Lipinski definition) is 4. The summed E-state index contributed by atoms with van der Waals surface area (Å²) in [5.74, 6) is 2.13. The molecule has 2 aliphatic heterocycles. The zero-order valence-electron chi connectivity index (χ0n) is 11.9. The van der Waals surface area contributed by atoms with Crippen LogP contribution in [0.2, 0.25) is 0 Å². The van der Waals surface area contributed by atoms with Gasteiger partial charge in [-0.3, -0.25) is 0 Å². The minimum Gasteiger partial charge on any atom is -0.381 e. The molecule has 4 heteroatoms. The summed E-state index contributed by atoms with van der Waals surface area (Å²) < 4.78 is 5.51. The maximum atomic E-state index is 5.51. The van der Waals surface area contributed by atoms with Crippen molar-refractivity contribution in [3.63, 3.8) is 0 Å². The van der Waals surface area contributed by atoms with Crippen LogP contribution in [-0.2, 0) is 4.74 Å². The highest BCUT2D eigenvalue weighted by molar-refractivity contribution is 8.07. The van der Waals surface area contributed by atoms with Gasteiger partial charge in [-0.15, -0.1) is 0 Å². The Morgan fingerprint density at radius 1 is 1.22 bits per heavy atom. The summed E-state index contributed by atoms with van der Waals surface area (Å²) in [7, 11) is 0. The average molecular weight is 290 g/mol. The Morgan fingerprint density at radius 3 is 2.56 bits per heavy atom. The quantitative estimate of drug-likeness (QED) is 0.858. The SMILES string of the molecule is CCNC(C1CCOCC1)C1CSC(C)C(C)S1. The number of nitrogens with one attached hydrogen (secondary N) is 1. The van der Waals surface area contributed by atoms with Crippen LogP contribution in [0.25, 0.3) is 0 Å². The molecule has 106 valence electrons. The zero-order chi connectivity index (χ0) is 13.0. The smallest absolute Gasteiger partial charge is 0.0469 e. The van der Waals surface area contributed by atoms with Crippen LogP contribution >= 0.6 is 23.5 Å². The van der Waals surface area contributed by atoms with Crippen LogP contribution in [0.5, 0.6) is 0 Å². The van der Waals surface area contributed by atoms with E-state index in [4.69, 9.17) is 4.74 Å². The molecule has 0 amide bonds. The van der Waals surface area contributed by atoms with E-state index in [1.54, 1.807) is 0 Å². The molecule has 1 N–H and O–H groups in total. The molecule has 4 atom stereocenters. The van der Waals surface area contributed by atoms with Gasteiger partial charge in [0.05, 0.1) is 0 Å². The predicted octanol–water partition coefficient (Wildman–Crippen LogP) is 3.02. The van der Waals surface area contributed by atoms with Crippen molar-refractivity contribution in [1.82, 2.24) is 5.32 Å². The molecule has 2 rings (SSSR count). The van der Waals surface area contributed by atoms with Crippen LogP contribution in [0.1, 0.15) is 33.6 Å². The van der Waals surface area contributed by atoms with E-state index in [-0.39, 0.29) is 0 Å². The van der Waals surface area contributed by atoms with Crippen LogP contribution in [0.15, 0.2) is 0 Å². The van der Waals surface area contributed by atoms with Gasteiger partial charge in [-0.1, -0.05) is 20.8 Å². The first-order chi connectivity index (χ1) is 8.72. The summed E-state index contributed by atoms with van der Waals surface area (Å²) in [6.45, 7) is 10.0. The standard InChI is InChI=1S/C14H27NOS2/c1-4-15-14(12-5-7-16-8-6-12)13-9-17-10(2)11(3)18-13/h10-15H,4-9H2,1-3H3. The predicted molar refractivity (Wildman–Crippen MR) is 83.8 cm³/mol. The molecule has 4 unspecified atom stereocenters. The Kier molecular flexibility index (Phi) is 6.19. The van der Waals surface area contributed by atoms with Gasteiger partial charge in [0, 0.05) is 40.8 Å². The maximum Gasteiger partial charge on any atom is 0.0469 e. The van der Waals surface area contributed by atoms with Gasteiger partial charge in [-0.2, -0.15) is 23.5 Å². The Morgan fingerprint density at radius 2 is 1.94 bits per heavy atom. The van der Waals surface area contributed by atoms with Gasteiger partial charge in [0.1, 0.15) is 0 Å². The van der Waals surface area contributed by atoms with E-state index in [0.29, 0.717) is 6.04 Å². The Hall–Kier alpha value is 0.620.